The van der Waals surface area contributed by atoms with E-state index in [-0.39, 0.29) is 12.3 Å². The molecule has 0 aliphatic rings. The number of hydrogen-bond donors (Lipinski definition) is 0. The standard InChI is InChI=1S/C5H9F3.2C5H12.4C4H10.C3H8.C2H6/c1-3-4(2)5(6,7)8;1-4-5(2)3;1-3-5-4-2;2*1-4(2)3;2*1-3-4-2;1-3-2;1-2/h4H,3H2,1-2H3;5H,4H2,1-3H3;3-5H2,1-2H3;2*4H,1-3H3;2*3-4H2,1-2H3;3H2,1-2H3;1-2H3/i;;;4D;;3D2;;;. The quantitative estimate of drug-likeness (QED) is 0.293. The molecule has 0 aliphatic carbocycles. The SMILES string of the molecule is CC.CC(C)C.CCC.CCC(C)C.CCC(C)C(F)(F)F.CCCC.CCCCC.[2H]C(C)(C)C.[2H]C([2H])(C)CC. The van der Waals surface area contributed by atoms with Gasteiger partial charge in [-0.15, -0.1) is 0 Å². The second-order valence-electron chi connectivity index (χ2n) is 10.7. The molecule has 0 heterocycles. The van der Waals surface area contributed by atoms with Crippen LogP contribution in [0.25, 0.3) is 0 Å². The monoisotopic (exact) mass is 580 g/mol. The van der Waals surface area contributed by atoms with Crippen molar-refractivity contribution in [2.24, 2.45) is 23.6 Å². The van der Waals surface area contributed by atoms with Gasteiger partial charge in [0.25, 0.3) is 0 Å². The fraction of sp³-hybridized carbons (Fsp3) is 1.00. The van der Waals surface area contributed by atoms with E-state index in [9.17, 15) is 13.2 Å². The fourth-order valence-electron chi connectivity index (χ4n) is 0.585. The van der Waals surface area contributed by atoms with Crippen LogP contribution in [0, 0.1) is 23.6 Å². The number of halogens is 3. The van der Waals surface area contributed by atoms with E-state index in [4.69, 9.17) is 4.11 Å². The molecule has 0 fully saturated rings. The van der Waals surface area contributed by atoms with Gasteiger partial charge in [0.1, 0.15) is 0 Å². The highest BCUT2D eigenvalue weighted by Gasteiger charge is 2.33. The molecular formula is C36H87F3. The van der Waals surface area contributed by atoms with Crippen LogP contribution in [0.15, 0.2) is 0 Å². The minimum absolute atomic E-state index is 0.170. The third kappa shape index (κ3) is 255. The van der Waals surface area contributed by atoms with Gasteiger partial charge in [0.05, 0.1) is 5.92 Å². The molecule has 1 atom stereocenters. The van der Waals surface area contributed by atoms with Crippen molar-refractivity contribution in [1.29, 1.82) is 0 Å². The van der Waals surface area contributed by atoms with E-state index in [1.54, 1.807) is 6.92 Å². The topological polar surface area (TPSA) is 0 Å². The molecule has 0 amide bonds. The van der Waals surface area contributed by atoms with E-state index < -0.39 is 18.5 Å². The molecule has 0 radical (unpaired) electrons. The molecular weight excluding hydrogens is 489 g/mol. The van der Waals surface area contributed by atoms with Gasteiger partial charge in [-0.1, -0.05) is 203 Å². The van der Waals surface area contributed by atoms with Gasteiger partial charge in [-0.3, -0.25) is 0 Å². The van der Waals surface area contributed by atoms with Gasteiger partial charge in [0, 0.05) is 4.11 Å². The molecule has 0 aromatic rings. The summed E-state index contributed by atoms with van der Waals surface area (Å²) in [6.07, 6.45) is 5.10. The van der Waals surface area contributed by atoms with Crippen LogP contribution in [0.1, 0.15) is 214 Å². The predicted octanol–water partition coefficient (Wildman–Crippen LogP) is 16.2. The van der Waals surface area contributed by atoms with Crippen molar-refractivity contribution in [3.05, 3.63) is 0 Å². The van der Waals surface area contributed by atoms with Crippen LogP contribution in [0.5, 0.6) is 0 Å². The maximum atomic E-state index is 11.4. The summed E-state index contributed by atoms with van der Waals surface area (Å²) in [4.78, 5) is 0. The maximum absolute atomic E-state index is 11.4. The van der Waals surface area contributed by atoms with Crippen molar-refractivity contribution in [2.75, 3.05) is 0 Å². The first kappa shape index (κ1) is 51.5. The second kappa shape index (κ2) is 66.2. The molecule has 0 saturated heterocycles. The molecule has 0 nitrogen and oxygen atoms in total. The molecule has 0 rings (SSSR count). The van der Waals surface area contributed by atoms with Crippen molar-refractivity contribution in [3.8, 4) is 0 Å². The molecule has 0 aliphatic heterocycles. The zero-order valence-electron chi connectivity index (χ0n) is 34.7. The second-order valence-corrected chi connectivity index (χ2v) is 10.7. The Morgan fingerprint density at radius 1 is 0.564 bits per heavy atom. The van der Waals surface area contributed by atoms with E-state index in [1.807, 2.05) is 41.5 Å². The Balaban J connectivity index is -0.0000000426. The normalized spacial score (nSPS) is 11.4. The Hall–Kier alpha value is -0.210. The molecule has 0 aromatic carbocycles. The minimum atomic E-state index is -3.99. The summed E-state index contributed by atoms with van der Waals surface area (Å²) in [5.74, 6) is 0.317. The fourth-order valence-corrected chi connectivity index (χ4v) is 0.585. The average molecular weight is 580 g/mol. The van der Waals surface area contributed by atoms with Gasteiger partial charge in [-0.05, 0) is 24.2 Å². The Morgan fingerprint density at radius 3 is 0.769 bits per heavy atom. The molecule has 1 unspecified atom stereocenters. The van der Waals surface area contributed by atoms with E-state index in [1.165, 1.54) is 58.8 Å². The lowest BCUT2D eigenvalue weighted by molar-refractivity contribution is -0.170. The summed E-state index contributed by atoms with van der Waals surface area (Å²) >= 11 is 0. The van der Waals surface area contributed by atoms with Crippen molar-refractivity contribution < 1.29 is 17.3 Å². The van der Waals surface area contributed by atoms with Crippen molar-refractivity contribution >= 4 is 0 Å². The van der Waals surface area contributed by atoms with E-state index in [0.717, 1.165) is 11.8 Å². The van der Waals surface area contributed by atoms with Gasteiger partial charge in [-0.25, -0.2) is 0 Å². The highest BCUT2D eigenvalue weighted by molar-refractivity contribution is 4.58. The lowest BCUT2D eigenvalue weighted by Gasteiger charge is -2.11. The summed E-state index contributed by atoms with van der Waals surface area (Å²) in [5.41, 5.74) is 0. The molecule has 0 N–H and O–H groups in total. The maximum Gasteiger partial charge on any atom is 0.391 e. The van der Waals surface area contributed by atoms with Gasteiger partial charge in [-0.2, -0.15) is 13.2 Å². The summed E-state index contributed by atoms with van der Waals surface area (Å²) < 4.78 is 55.0. The lowest BCUT2D eigenvalue weighted by Crippen LogP contribution is -2.18. The average Bonchev–Trinajstić information content (AvgIpc) is 2.84. The first-order valence-electron chi connectivity index (χ1n) is 17.9. The third-order valence-electron chi connectivity index (χ3n) is 3.55. The summed E-state index contributed by atoms with van der Waals surface area (Å²) in [5, 5.41) is 0. The van der Waals surface area contributed by atoms with E-state index in [0.29, 0.717) is 6.42 Å². The molecule has 0 bridgehead atoms. The van der Waals surface area contributed by atoms with Crippen LogP contribution in [0.3, 0.4) is 0 Å². The summed E-state index contributed by atoms with van der Waals surface area (Å²) in [7, 11) is 0. The number of hydrogen-bond acceptors (Lipinski definition) is 0. The Morgan fingerprint density at radius 2 is 0.769 bits per heavy atom. The third-order valence-corrected chi connectivity index (χ3v) is 3.55. The van der Waals surface area contributed by atoms with Gasteiger partial charge in [0.15, 0.2) is 0 Å². The molecule has 252 valence electrons. The molecule has 39 heavy (non-hydrogen) atoms. The van der Waals surface area contributed by atoms with Crippen LogP contribution in [0.4, 0.5) is 13.2 Å². The zero-order chi connectivity index (χ0) is 36.6. The van der Waals surface area contributed by atoms with E-state index >= 15 is 0 Å². The van der Waals surface area contributed by atoms with Gasteiger partial charge < -0.3 is 0 Å². The Labute approximate surface area is 256 Å². The first-order valence-corrected chi connectivity index (χ1v) is 16.4. The van der Waals surface area contributed by atoms with Crippen LogP contribution < -0.4 is 0 Å². The lowest BCUT2D eigenvalue weighted by atomic mass is 10.1. The van der Waals surface area contributed by atoms with Crippen molar-refractivity contribution in [3.63, 3.8) is 0 Å². The van der Waals surface area contributed by atoms with Crippen LogP contribution >= 0.6 is 0 Å². The van der Waals surface area contributed by atoms with Crippen LogP contribution in [-0.4, -0.2) is 6.18 Å². The van der Waals surface area contributed by atoms with Crippen LogP contribution in [0.2, 0.25) is 0 Å². The first-order chi connectivity index (χ1) is 18.8. The molecule has 0 aromatic heterocycles. The zero-order valence-corrected chi connectivity index (χ0v) is 31.7. The van der Waals surface area contributed by atoms with E-state index in [2.05, 4.69) is 83.1 Å². The Bertz CT molecular complexity index is 358. The minimum Gasteiger partial charge on any atom is -0.171 e. The Kier molecular flexibility index (Phi) is 87.5. The van der Waals surface area contributed by atoms with Crippen molar-refractivity contribution in [1.82, 2.24) is 0 Å². The van der Waals surface area contributed by atoms with Crippen molar-refractivity contribution in [2.45, 2.75) is 216 Å². The largest absolute Gasteiger partial charge is 0.391 e. The number of alkyl halides is 3. The highest BCUT2D eigenvalue weighted by atomic mass is 19.4. The van der Waals surface area contributed by atoms with Gasteiger partial charge in [0.2, 0.25) is 0 Å². The number of rotatable bonds is 6. The van der Waals surface area contributed by atoms with Crippen LogP contribution in [-0.2, 0) is 0 Å². The molecule has 0 saturated carbocycles. The molecule has 0 spiro atoms. The smallest absolute Gasteiger partial charge is 0.171 e. The highest BCUT2D eigenvalue weighted by Crippen LogP contribution is 2.27. The van der Waals surface area contributed by atoms with Gasteiger partial charge >= 0.3 is 6.18 Å². The predicted molar refractivity (Wildman–Crippen MR) is 185 cm³/mol. The summed E-state index contributed by atoms with van der Waals surface area (Å²) in [6, 6.07) is 0. The molecule has 3 heteroatoms. The number of unbranched alkanes of at least 4 members (excludes halogenated alkanes) is 3. The summed E-state index contributed by atoms with van der Waals surface area (Å²) in [6.45, 7) is 41.9.